The average Bonchev–Trinajstić information content (AvgIpc) is 2.64. The van der Waals surface area contributed by atoms with E-state index in [9.17, 15) is 14.3 Å². The van der Waals surface area contributed by atoms with E-state index < -0.39 is 5.97 Å². The number of aromatic nitrogens is 2. The van der Waals surface area contributed by atoms with Gasteiger partial charge in [-0.25, -0.2) is 9.18 Å². The van der Waals surface area contributed by atoms with Crippen LogP contribution in [0.15, 0.2) is 24.3 Å². The topological polar surface area (TPSA) is 67.2 Å². The normalized spacial score (nSPS) is 12.2. The fraction of sp³-hybridized carbons (Fsp3) is 0.286. The van der Waals surface area contributed by atoms with E-state index in [1.165, 1.54) is 16.8 Å². The highest BCUT2D eigenvalue weighted by atomic mass is 19.1. The molecule has 2 aromatic rings. The monoisotopic (exact) mass is 277 g/mol. The number of benzene rings is 1. The molecule has 2 N–H and O–H groups in total. The van der Waals surface area contributed by atoms with Crippen LogP contribution in [0.1, 0.15) is 34.6 Å². The van der Waals surface area contributed by atoms with Crippen molar-refractivity contribution in [1.29, 1.82) is 0 Å². The molecule has 0 bridgehead atoms. The van der Waals surface area contributed by atoms with Crippen LogP contribution in [-0.2, 0) is 7.05 Å². The van der Waals surface area contributed by atoms with E-state index in [1.807, 2.05) is 6.92 Å². The van der Waals surface area contributed by atoms with Gasteiger partial charge in [-0.3, -0.25) is 4.68 Å². The molecule has 1 unspecified atom stereocenters. The number of nitrogens with one attached hydrogen (secondary N) is 1. The molecule has 1 heterocycles. The zero-order valence-electron chi connectivity index (χ0n) is 11.5. The van der Waals surface area contributed by atoms with Gasteiger partial charge in [-0.15, -0.1) is 0 Å². The summed E-state index contributed by atoms with van der Waals surface area (Å²) in [5.41, 5.74) is 1.31. The first kappa shape index (κ1) is 14.0. The number of hydrogen-bond donors (Lipinski definition) is 2. The minimum Gasteiger partial charge on any atom is -0.477 e. The summed E-state index contributed by atoms with van der Waals surface area (Å²) in [7, 11) is 1.67. The lowest BCUT2D eigenvalue weighted by molar-refractivity contribution is 0.0697. The van der Waals surface area contributed by atoms with Gasteiger partial charge in [-0.1, -0.05) is 12.1 Å². The molecule has 6 heteroatoms. The van der Waals surface area contributed by atoms with Crippen molar-refractivity contribution in [1.82, 2.24) is 9.78 Å². The summed E-state index contributed by atoms with van der Waals surface area (Å²) in [6.45, 7) is 3.48. The summed E-state index contributed by atoms with van der Waals surface area (Å²) in [5.74, 6) is -0.952. The second-order valence-corrected chi connectivity index (χ2v) is 4.66. The number of carbonyl (C=O) groups is 1. The molecule has 0 aliphatic rings. The van der Waals surface area contributed by atoms with Crippen LogP contribution in [0.2, 0.25) is 0 Å². The molecule has 0 aliphatic heterocycles. The van der Waals surface area contributed by atoms with Crippen LogP contribution >= 0.6 is 0 Å². The quantitative estimate of drug-likeness (QED) is 0.901. The molecule has 5 nitrogen and oxygen atoms in total. The number of nitrogens with zero attached hydrogens (tertiary/aromatic N) is 2. The Morgan fingerprint density at radius 1 is 1.50 bits per heavy atom. The Morgan fingerprint density at radius 2 is 2.20 bits per heavy atom. The van der Waals surface area contributed by atoms with Crippen LogP contribution in [0.5, 0.6) is 0 Å². The Morgan fingerprint density at radius 3 is 2.80 bits per heavy atom. The van der Waals surface area contributed by atoms with Crippen molar-refractivity contribution in [3.63, 3.8) is 0 Å². The highest BCUT2D eigenvalue weighted by Gasteiger charge is 2.21. The third-order valence-corrected chi connectivity index (χ3v) is 3.14. The zero-order chi connectivity index (χ0) is 14.9. The van der Waals surface area contributed by atoms with Crippen molar-refractivity contribution in [2.45, 2.75) is 19.9 Å². The summed E-state index contributed by atoms with van der Waals surface area (Å²) in [4.78, 5) is 11.3. The maximum absolute atomic E-state index is 13.2. The lowest BCUT2D eigenvalue weighted by Gasteiger charge is -2.16. The van der Waals surface area contributed by atoms with Crippen LogP contribution in [0, 0.1) is 12.7 Å². The number of anilines is 1. The van der Waals surface area contributed by atoms with Crippen LogP contribution in [0.4, 0.5) is 10.2 Å². The summed E-state index contributed by atoms with van der Waals surface area (Å²) < 4.78 is 14.7. The average molecular weight is 277 g/mol. The second-order valence-electron chi connectivity index (χ2n) is 4.66. The van der Waals surface area contributed by atoms with Gasteiger partial charge in [0.05, 0.1) is 11.7 Å². The molecule has 0 radical (unpaired) electrons. The maximum Gasteiger partial charge on any atom is 0.341 e. The highest BCUT2D eigenvalue weighted by molar-refractivity contribution is 5.94. The molecule has 0 aliphatic carbocycles. The number of hydrogen-bond acceptors (Lipinski definition) is 3. The van der Waals surface area contributed by atoms with Crippen molar-refractivity contribution in [3.8, 4) is 0 Å². The van der Waals surface area contributed by atoms with Gasteiger partial charge in [0.25, 0.3) is 0 Å². The standard InChI is InChI=1S/C14H16FN3O2/c1-8(10-5-4-6-11(15)7-10)16-13-12(14(19)20)9(2)17-18(13)3/h4-8,16H,1-3H3,(H,19,20). The largest absolute Gasteiger partial charge is 0.477 e. The Kier molecular flexibility index (Phi) is 3.74. The minimum absolute atomic E-state index is 0.135. The van der Waals surface area contributed by atoms with E-state index in [2.05, 4.69) is 10.4 Å². The van der Waals surface area contributed by atoms with Crippen molar-refractivity contribution >= 4 is 11.8 Å². The SMILES string of the molecule is Cc1nn(C)c(NC(C)c2cccc(F)c2)c1C(=O)O. The maximum atomic E-state index is 13.2. The van der Waals surface area contributed by atoms with Crippen molar-refractivity contribution < 1.29 is 14.3 Å². The molecule has 1 aromatic carbocycles. The van der Waals surface area contributed by atoms with E-state index in [4.69, 9.17) is 0 Å². The number of carboxylic acid groups (broad SMARTS) is 1. The van der Waals surface area contributed by atoms with E-state index in [-0.39, 0.29) is 17.4 Å². The molecule has 1 atom stereocenters. The van der Waals surface area contributed by atoms with E-state index in [1.54, 1.807) is 26.1 Å². The van der Waals surface area contributed by atoms with Crippen LogP contribution in [0.25, 0.3) is 0 Å². The van der Waals surface area contributed by atoms with Gasteiger partial charge in [0.1, 0.15) is 17.2 Å². The van der Waals surface area contributed by atoms with Crippen LogP contribution in [0.3, 0.4) is 0 Å². The summed E-state index contributed by atoms with van der Waals surface area (Å²) in [6, 6.07) is 5.95. The lowest BCUT2D eigenvalue weighted by Crippen LogP contribution is -2.13. The molecule has 0 saturated carbocycles. The fourth-order valence-electron chi connectivity index (χ4n) is 2.14. The summed E-state index contributed by atoms with van der Waals surface area (Å²) in [5, 5.41) is 16.4. The lowest BCUT2D eigenvalue weighted by atomic mass is 10.1. The second kappa shape index (κ2) is 5.32. The van der Waals surface area contributed by atoms with Gasteiger partial charge in [0.2, 0.25) is 0 Å². The van der Waals surface area contributed by atoms with Gasteiger partial charge >= 0.3 is 5.97 Å². The molecule has 0 fully saturated rings. The number of rotatable bonds is 4. The highest BCUT2D eigenvalue weighted by Crippen LogP contribution is 2.24. The smallest absolute Gasteiger partial charge is 0.341 e. The molecular formula is C14H16FN3O2. The van der Waals surface area contributed by atoms with Crippen molar-refractivity contribution in [2.75, 3.05) is 5.32 Å². The first-order valence-electron chi connectivity index (χ1n) is 6.19. The molecule has 0 saturated heterocycles. The third kappa shape index (κ3) is 2.64. The number of aryl methyl sites for hydroxylation is 2. The van der Waals surface area contributed by atoms with Gasteiger partial charge < -0.3 is 10.4 Å². The minimum atomic E-state index is -1.04. The molecular weight excluding hydrogens is 261 g/mol. The third-order valence-electron chi connectivity index (χ3n) is 3.14. The summed E-state index contributed by atoms with van der Waals surface area (Å²) in [6.07, 6.45) is 0. The van der Waals surface area contributed by atoms with Crippen LogP contribution < -0.4 is 5.32 Å². The predicted octanol–water partition coefficient (Wildman–Crippen LogP) is 2.74. The molecule has 0 amide bonds. The molecule has 1 aromatic heterocycles. The van der Waals surface area contributed by atoms with Crippen molar-refractivity contribution in [3.05, 3.63) is 46.9 Å². The Hall–Kier alpha value is -2.37. The Labute approximate surface area is 116 Å². The first-order valence-corrected chi connectivity index (χ1v) is 6.19. The zero-order valence-corrected chi connectivity index (χ0v) is 11.5. The van der Waals surface area contributed by atoms with Gasteiger partial charge in [0, 0.05) is 7.05 Å². The molecule has 0 spiro atoms. The van der Waals surface area contributed by atoms with Gasteiger partial charge in [0.15, 0.2) is 0 Å². The molecule has 20 heavy (non-hydrogen) atoms. The van der Waals surface area contributed by atoms with Crippen LogP contribution in [-0.4, -0.2) is 20.9 Å². The number of carboxylic acids is 1. The predicted molar refractivity (Wildman–Crippen MR) is 73.3 cm³/mol. The van der Waals surface area contributed by atoms with Crippen molar-refractivity contribution in [2.24, 2.45) is 7.05 Å². The number of halogens is 1. The Bertz CT molecular complexity index is 652. The van der Waals surface area contributed by atoms with Gasteiger partial charge in [-0.2, -0.15) is 5.10 Å². The van der Waals surface area contributed by atoms with E-state index in [0.29, 0.717) is 11.5 Å². The fourth-order valence-corrected chi connectivity index (χ4v) is 2.14. The molecule has 106 valence electrons. The summed E-state index contributed by atoms with van der Waals surface area (Å²) >= 11 is 0. The molecule has 2 rings (SSSR count). The van der Waals surface area contributed by atoms with E-state index >= 15 is 0 Å². The number of aromatic carboxylic acids is 1. The van der Waals surface area contributed by atoms with Gasteiger partial charge in [-0.05, 0) is 31.5 Å². The Balaban J connectivity index is 2.33. The van der Waals surface area contributed by atoms with E-state index in [0.717, 1.165) is 5.56 Å². The first-order chi connectivity index (χ1) is 9.40.